The molecule has 3 aromatic heterocycles. The lowest BCUT2D eigenvalue weighted by atomic mass is 10.2. The number of halogens is 1. The van der Waals surface area contributed by atoms with Crippen LogP contribution in [0.5, 0.6) is 5.75 Å². The molecule has 0 saturated carbocycles. The molecule has 6 nitrogen and oxygen atoms in total. The van der Waals surface area contributed by atoms with Gasteiger partial charge in [-0.3, -0.25) is 0 Å². The topological polar surface area (TPSA) is 68.1 Å². The van der Waals surface area contributed by atoms with Crippen LogP contribution in [0.25, 0.3) is 27.4 Å². The second-order valence-electron chi connectivity index (χ2n) is 5.70. The van der Waals surface area contributed by atoms with Crippen LogP contribution in [0, 0.1) is 0 Å². The fourth-order valence-corrected chi connectivity index (χ4v) is 3.71. The van der Waals surface area contributed by atoms with Crippen molar-refractivity contribution in [2.75, 3.05) is 0 Å². The van der Waals surface area contributed by atoms with E-state index >= 15 is 0 Å². The Labute approximate surface area is 157 Å². The van der Waals surface area contributed by atoms with Gasteiger partial charge in [-0.1, -0.05) is 53.3 Å². The number of nitrogens with zero attached hydrogens (tertiary/aromatic N) is 4. The summed E-state index contributed by atoms with van der Waals surface area (Å²) in [4.78, 5) is 4.08. The third-order valence-electron chi connectivity index (χ3n) is 3.99. The second kappa shape index (κ2) is 6.12. The molecular weight excluding hydrogens is 370 g/mol. The fourth-order valence-electron chi connectivity index (χ4n) is 2.78. The van der Waals surface area contributed by atoms with E-state index in [0.29, 0.717) is 23.2 Å². The molecule has 0 radical (unpaired) electrons. The Morgan fingerprint density at radius 2 is 1.92 bits per heavy atom. The zero-order valence-electron chi connectivity index (χ0n) is 13.4. The molecule has 0 aliphatic rings. The predicted octanol–water partition coefficient (Wildman–Crippen LogP) is 4.57. The number of hydrogen-bond donors (Lipinski definition) is 1. The van der Waals surface area contributed by atoms with Crippen molar-refractivity contribution in [1.29, 1.82) is 0 Å². The normalized spacial score (nSPS) is 11.4. The molecule has 0 aliphatic carbocycles. The quantitative estimate of drug-likeness (QED) is 0.495. The van der Waals surface area contributed by atoms with E-state index in [0.717, 1.165) is 26.6 Å². The van der Waals surface area contributed by atoms with E-state index < -0.39 is 0 Å². The van der Waals surface area contributed by atoms with Crippen molar-refractivity contribution in [3.05, 3.63) is 64.6 Å². The van der Waals surface area contributed by atoms with Gasteiger partial charge in [0.05, 0.1) is 10.7 Å². The number of ether oxygens (including phenoxy) is 1. The van der Waals surface area contributed by atoms with Crippen molar-refractivity contribution < 1.29 is 4.74 Å². The lowest BCUT2D eigenvalue weighted by molar-refractivity contribution is 0.304. The van der Waals surface area contributed by atoms with Crippen molar-refractivity contribution in [3.8, 4) is 17.3 Å². The Bertz CT molecular complexity index is 1190. The molecule has 0 spiro atoms. The van der Waals surface area contributed by atoms with Gasteiger partial charge in [-0.2, -0.15) is 9.61 Å². The maximum atomic E-state index is 6.12. The number of hydrogen-bond acceptors (Lipinski definition) is 5. The highest BCUT2D eigenvalue weighted by Crippen LogP contribution is 2.27. The van der Waals surface area contributed by atoms with Gasteiger partial charge in [0, 0.05) is 10.9 Å². The summed E-state index contributed by atoms with van der Waals surface area (Å²) in [6.07, 6.45) is 0. The molecule has 0 unspecified atom stereocenters. The average Bonchev–Trinajstić information content (AvgIpc) is 3.34. The van der Waals surface area contributed by atoms with Crippen molar-refractivity contribution in [2.24, 2.45) is 0 Å². The molecule has 0 amide bonds. The van der Waals surface area contributed by atoms with Crippen LogP contribution in [0.15, 0.2) is 54.6 Å². The monoisotopic (exact) mass is 381 g/mol. The molecule has 0 bridgehead atoms. The zero-order valence-corrected chi connectivity index (χ0v) is 15.0. The van der Waals surface area contributed by atoms with Crippen LogP contribution in [-0.4, -0.2) is 24.8 Å². The van der Waals surface area contributed by atoms with E-state index in [1.807, 2.05) is 42.5 Å². The van der Waals surface area contributed by atoms with E-state index in [1.165, 1.54) is 11.3 Å². The summed E-state index contributed by atoms with van der Waals surface area (Å²) in [5.41, 5.74) is 1.93. The van der Waals surface area contributed by atoms with Gasteiger partial charge in [0.25, 0.3) is 0 Å². The van der Waals surface area contributed by atoms with Gasteiger partial charge in [-0.05, 0) is 24.3 Å². The molecule has 0 fully saturated rings. The van der Waals surface area contributed by atoms with Gasteiger partial charge in [-0.15, -0.1) is 10.2 Å². The lowest BCUT2D eigenvalue weighted by Gasteiger charge is -2.04. The first-order valence-corrected chi connectivity index (χ1v) is 9.14. The molecule has 0 atom stereocenters. The van der Waals surface area contributed by atoms with E-state index in [-0.39, 0.29) is 0 Å². The largest absolute Gasteiger partial charge is 0.485 e. The third-order valence-corrected chi connectivity index (χ3v) is 5.18. The molecule has 128 valence electrons. The van der Waals surface area contributed by atoms with Crippen molar-refractivity contribution in [1.82, 2.24) is 24.8 Å². The zero-order chi connectivity index (χ0) is 17.5. The van der Waals surface area contributed by atoms with Crippen LogP contribution in [0.3, 0.4) is 0 Å². The summed E-state index contributed by atoms with van der Waals surface area (Å²) in [5.74, 6) is 1.31. The minimum atomic E-state index is 0.323. The van der Waals surface area contributed by atoms with Crippen LogP contribution in [0.1, 0.15) is 5.01 Å². The Morgan fingerprint density at radius 1 is 1.08 bits per heavy atom. The first kappa shape index (κ1) is 15.4. The van der Waals surface area contributed by atoms with Gasteiger partial charge in [0.15, 0.2) is 5.01 Å². The summed E-state index contributed by atoms with van der Waals surface area (Å²) in [7, 11) is 0. The Balaban J connectivity index is 1.46. The first-order chi connectivity index (χ1) is 12.8. The molecule has 3 heterocycles. The van der Waals surface area contributed by atoms with Crippen LogP contribution in [0.4, 0.5) is 0 Å². The molecule has 5 aromatic rings. The van der Waals surface area contributed by atoms with Gasteiger partial charge in [0.2, 0.25) is 10.8 Å². The predicted molar refractivity (Wildman–Crippen MR) is 102 cm³/mol. The molecule has 1 N–H and O–H groups in total. The number of H-pyrrole nitrogens is 1. The minimum absolute atomic E-state index is 0.323. The van der Waals surface area contributed by atoms with E-state index in [2.05, 4.69) is 26.3 Å². The van der Waals surface area contributed by atoms with E-state index in [9.17, 15) is 0 Å². The highest BCUT2D eigenvalue weighted by atomic mass is 35.5. The molecule has 0 aliphatic heterocycles. The summed E-state index contributed by atoms with van der Waals surface area (Å²) >= 11 is 7.56. The molecule has 8 heteroatoms. The van der Waals surface area contributed by atoms with Crippen molar-refractivity contribution >= 4 is 38.8 Å². The Hall–Kier alpha value is -2.90. The number of aromatic nitrogens is 5. The summed E-state index contributed by atoms with van der Waals surface area (Å²) in [5, 5.41) is 15.6. The average molecular weight is 382 g/mol. The van der Waals surface area contributed by atoms with Gasteiger partial charge in [-0.25, -0.2) is 0 Å². The number of benzene rings is 2. The SMILES string of the molecule is Clc1ccccc1OCc1nn2c(-c3cc4ccccc4[nH]3)nnc2s1. The molecule has 5 rings (SSSR count). The minimum Gasteiger partial charge on any atom is -0.485 e. The number of rotatable bonds is 4. The van der Waals surface area contributed by atoms with E-state index in [4.69, 9.17) is 16.3 Å². The maximum absolute atomic E-state index is 6.12. The van der Waals surface area contributed by atoms with Crippen LogP contribution < -0.4 is 4.74 Å². The maximum Gasteiger partial charge on any atom is 0.235 e. The van der Waals surface area contributed by atoms with Gasteiger partial charge >= 0.3 is 0 Å². The smallest absolute Gasteiger partial charge is 0.235 e. The number of fused-ring (bicyclic) bond motifs is 2. The summed E-state index contributed by atoms with van der Waals surface area (Å²) < 4.78 is 7.50. The Morgan fingerprint density at radius 3 is 2.81 bits per heavy atom. The molecular formula is C18H12ClN5OS. The fraction of sp³-hybridized carbons (Fsp3) is 0.0556. The van der Waals surface area contributed by atoms with Gasteiger partial charge < -0.3 is 9.72 Å². The highest BCUT2D eigenvalue weighted by molar-refractivity contribution is 7.16. The van der Waals surface area contributed by atoms with Crippen LogP contribution in [0.2, 0.25) is 5.02 Å². The van der Waals surface area contributed by atoms with E-state index in [1.54, 1.807) is 10.6 Å². The highest BCUT2D eigenvalue weighted by Gasteiger charge is 2.15. The molecule has 26 heavy (non-hydrogen) atoms. The first-order valence-electron chi connectivity index (χ1n) is 7.94. The Kier molecular flexibility index (Phi) is 3.62. The summed E-state index contributed by atoms with van der Waals surface area (Å²) in [6.45, 7) is 0.323. The van der Waals surface area contributed by atoms with Gasteiger partial charge in [0.1, 0.15) is 12.4 Å². The lowest BCUT2D eigenvalue weighted by Crippen LogP contribution is -1.98. The third kappa shape index (κ3) is 2.61. The molecule has 0 saturated heterocycles. The van der Waals surface area contributed by atoms with Crippen LogP contribution in [-0.2, 0) is 6.61 Å². The number of para-hydroxylation sites is 2. The second-order valence-corrected chi connectivity index (χ2v) is 7.15. The van der Waals surface area contributed by atoms with Crippen molar-refractivity contribution in [3.63, 3.8) is 0 Å². The van der Waals surface area contributed by atoms with Crippen molar-refractivity contribution in [2.45, 2.75) is 6.61 Å². The number of nitrogens with one attached hydrogen (secondary N) is 1. The summed E-state index contributed by atoms with van der Waals surface area (Å²) in [6, 6.07) is 17.5. The molecule has 2 aromatic carbocycles. The number of aromatic amines is 1. The van der Waals surface area contributed by atoms with Crippen LogP contribution >= 0.6 is 22.9 Å². The standard InChI is InChI=1S/C18H12ClN5OS/c19-12-6-2-4-8-15(12)25-10-16-23-24-17(21-22-18(24)26-16)14-9-11-5-1-3-7-13(11)20-14/h1-9,20H,10H2.